The van der Waals surface area contributed by atoms with Crippen molar-refractivity contribution in [3.8, 4) is 5.75 Å². The lowest BCUT2D eigenvalue weighted by molar-refractivity contribution is -0.135. The maximum Gasteiger partial charge on any atom is 0.332 e. The van der Waals surface area contributed by atoms with Crippen LogP contribution < -0.4 is 15.0 Å². The quantitative estimate of drug-likeness (QED) is 0.622. The van der Waals surface area contributed by atoms with Gasteiger partial charge in [0, 0.05) is 5.69 Å². The van der Waals surface area contributed by atoms with E-state index in [0.29, 0.717) is 30.7 Å². The van der Waals surface area contributed by atoms with Gasteiger partial charge in [0.25, 0.3) is 5.91 Å². The Balaban J connectivity index is 1.56. The fourth-order valence-electron chi connectivity index (χ4n) is 5.06. The average Bonchev–Trinajstić information content (AvgIpc) is 3.04. The van der Waals surface area contributed by atoms with Gasteiger partial charge in [0.2, 0.25) is 5.91 Å². The monoisotopic (exact) mass is 464 g/mol. The molecule has 4 rings (SSSR count). The summed E-state index contributed by atoms with van der Waals surface area (Å²) in [5.41, 5.74) is 1.39. The van der Waals surface area contributed by atoms with Crippen molar-refractivity contribution < 1.29 is 19.1 Å². The Bertz CT molecular complexity index is 1060. The zero-order valence-electron chi connectivity index (χ0n) is 20.0. The Morgan fingerprint density at radius 3 is 2.59 bits per heavy atom. The number of aryl methyl sites for hydroxylation is 1. The number of anilines is 1. The van der Waals surface area contributed by atoms with Crippen LogP contribution in [0.3, 0.4) is 0 Å². The third-order valence-electron chi connectivity index (χ3n) is 6.87. The molecular weight excluding hydrogens is 432 g/mol. The van der Waals surface area contributed by atoms with Crippen LogP contribution in [-0.4, -0.2) is 46.9 Å². The number of nitrogens with zero attached hydrogens (tertiary/aromatic N) is 3. The summed E-state index contributed by atoms with van der Waals surface area (Å²) in [6, 6.07) is 10.5. The van der Waals surface area contributed by atoms with Gasteiger partial charge < -0.3 is 10.1 Å². The molecule has 2 aromatic rings. The van der Waals surface area contributed by atoms with Crippen molar-refractivity contribution in [2.75, 3.05) is 18.6 Å². The average molecular weight is 465 g/mol. The highest BCUT2D eigenvalue weighted by Crippen LogP contribution is 2.43. The number of benzene rings is 1. The van der Waals surface area contributed by atoms with Crippen molar-refractivity contribution in [1.82, 2.24) is 15.2 Å². The van der Waals surface area contributed by atoms with Gasteiger partial charge in [0.05, 0.1) is 25.0 Å². The van der Waals surface area contributed by atoms with Crippen molar-refractivity contribution in [3.63, 3.8) is 0 Å². The molecule has 180 valence electrons. The van der Waals surface area contributed by atoms with E-state index in [0.717, 1.165) is 35.4 Å². The van der Waals surface area contributed by atoms with Crippen molar-refractivity contribution >= 4 is 23.5 Å². The predicted molar refractivity (Wildman–Crippen MR) is 129 cm³/mol. The molecule has 1 aliphatic carbocycles. The second kappa shape index (κ2) is 9.83. The van der Waals surface area contributed by atoms with Crippen LogP contribution in [0.2, 0.25) is 0 Å². The lowest BCUT2D eigenvalue weighted by atomic mass is 9.80. The first kappa shape index (κ1) is 23.7. The maximum absolute atomic E-state index is 13.6. The molecule has 2 aliphatic rings. The number of pyridine rings is 1. The van der Waals surface area contributed by atoms with Gasteiger partial charge in [-0.1, -0.05) is 38.3 Å². The molecular formula is C26H32N4O4. The summed E-state index contributed by atoms with van der Waals surface area (Å²) in [6.07, 6.45) is 6.23. The zero-order chi connectivity index (χ0) is 24.3. The minimum absolute atomic E-state index is 0.253. The number of urea groups is 1. The number of amides is 4. The summed E-state index contributed by atoms with van der Waals surface area (Å²) in [5, 5.41) is 2.98. The smallest absolute Gasteiger partial charge is 0.332 e. The van der Waals surface area contributed by atoms with E-state index < -0.39 is 11.6 Å². The number of carbonyl (C=O) groups excluding carboxylic acids is 3. The molecule has 0 bridgehead atoms. The van der Waals surface area contributed by atoms with E-state index in [-0.39, 0.29) is 24.4 Å². The topological polar surface area (TPSA) is 91.8 Å². The summed E-state index contributed by atoms with van der Waals surface area (Å²) in [6.45, 7) is 3.54. The minimum Gasteiger partial charge on any atom is -0.497 e. The third-order valence-corrected chi connectivity index (χ3v) is 6.87. The van der Waals surface area contributed by atoms with Crippen LogP contribution in [0, 0.1) is 6.92 Å². The predicted octanol–water partition coefficient (Wildman–Crippen LogP) is 4.14. The van der Waals surface area contributed by atoms with E-state index in [1.165, 1.54) is 0 Å². The van der Waals surface area contributed by atoms with Gasteiger partial charge in [-0.15, -0.1) is 0 Å². The lowest BCUT2D eigenvalue weighted by Crippen LogP contribution is -2.51. The van der Waals surface area contributed by atoms with E-state index in [9.17, 15) is 14.4 Å². The number of aromatic nitrogens is 1. The first-order chi connectivity index (χ1) is 16.4. The summed E-state index contributed by atoms with van der Waals surface area (Å²) in [7, 11) is 1.60. The number of nitrogens with one attached hydrogen (secondary N) is 1. The fourth-order valence-corrected chi connectivity index (χ4v) is 5.06. The summed E-state index contributed by atoms with van der Waals surface area (Å²) in [4.78, 5) is 47.2. The van der Waals surface area contributed by atoms with Crippen LogP contribution in [0.25, 0.3) is 0 Å². The lowest BCUT2D eigenvalue weighted by Gasteiger charge is -2.38. The molecule has 34 heavy (non-hydrogen) atoms. The van der Waals surface area contributed by atoms with Crippen molar-refractivity contribution in [2.45, 2.75) is 64.0 Å². The van der Waals surface area contributed by atoms with E-state index in [2.05, 4.69) is 10.3 Å². The van der Waals surface area contributed by atoms with Gasteiger partial charge in [0.1, 0.15) is 17.8 Å². The standard InChI is InChI=1S/C26H32N4O4/c1-4-22(19-9-8-10-21(15-19)34-3)28-23(31)17-29-24(32)26(13-6-5-7-14-26)30(25(29)33)20-12-11-18(2)27-16-20/h8-12,15-16,22H,4-7,13-14,17H2,1-3H3,(H,28,31). The summed E-state index contributed by atoms with van der Waals surface area (Å²) < 4.78 is 5.29. The molecule has 1 spiro atoms. The van der Waals surface area contributed by atoms with Crippen LogP contribution in [-0.2, 0) is 9.59 Å². The largest absolute Gasteiger partial charge is 0.497 e. The number of carbonyl (C=O) groups is 3. The number of hydrogen-bond acceptors (Lipinski definition) is 5. The first-order valence-electron chi connectivity index (χ1n) is 11.9. The van der Waals surface area contributed by atoms with Crippen LogP contribution in [0.15, 0.2) is 42.6 Å². The fraction of sp³-hybridized carbons (Fsp3) is 0.462. The molecule has 1 atom stereocenters. The van der Waals surface area contributed by atoms with Gasteiger partial charge in [0.15, 0.2) is 0 Å². The van der Waals surface area contributed by atoms with Crippen LogP contribution >= 0.6 is 0 Å². The number of hydrogen-bond donors (Lipinski definition) is 1. The first-order valence-corrected chi connectivity index (χ1v) is 11.9. The Kier molecular flexibility index (Phi) is 6.86. The van der Waals surface area contributed by atoms with Crippen LogP contribution in [0.1, 0.15) is 62.7 Å². The second-order valence-corrected chi connectivity index (χ2v) is 9.06. The zero-order valence-corrected chi connectivity index (χ0v) is 20.0. The Morgan fingerprint density at radius 2 is 1.94 bits per heavy atom. The molecule has 4 amide bonds. The second-order valence-electron chi connectivity index (χ2n) is 9.06. The molecule has 1 saturated carbocycles. The molecule has 1 aromatic heterocycles. The molecule has 1 unspecified atom stereocenters. The number of ether oxygens (including phenoxy) is 1. The molecule has 1 saturated heterocycles. The van der Waals surface area contributed by atoms with E-state index in [1.807, 2.05) is 50.2 Å². The Labute approximate surface area is 200 Å². The van der Waals surface area contributed by atoms with Crippen LogP contribution in [0.4, 0.5) is 10.5 Å². The Hall–Kier alpha value is -3.42. The van der Waals surface area contributed by atoms with Gasteiger partial charge in [-0.3, -0.25) is 24.4 Å². The molecule has 8 nitrogen and oxygen atoms in total. The van der Waals surface area contributed by atoms with Crippen molar-refractivity contribution in [2.24, 2.45) is 0 Å². The summed E-state index contributed by atoms with van der Waals surface area (Å²) >= 11 is 0. The van der Waals surface area contributed by atoms with Gasteiger partial charge >= 0.3 is 6.03 Å². The highest BCUT2D eigenvalue weighted by atomic mass is 16.5. The molecule has 0 radical (unpaired) electrons. The molecule has 1 aromatic carbocycles. The third kappa shape index (κ3) is 4.36. The van der Waals surface area contributed by atoms with Crippen LogP contribution in [0.5, 0.6) is 5.75 Å². The molecule has 2 fully saturated rings. The summed E-state index contributed by atoms with van der Waals surface area (Å²) in [5.74, 6) is 0.0465. The van der Waals surface area contributed by atoms with Gasteiger partial charge in [-0.25, -0.2) is 4.79 Å². The molecule has 2 heterocycles. The molecule has 8 heteroatoms. The van der Waals surface area contributed by atoms with Gasteiger partial charge in [-0.05, 0) is 56.0 Å². The molecule has 1 aliphatic heterocycles. The maximum atomic E-state index is 13.6. The van der Waals surface area contributed by atoms with Gasteiger partial charge in [-0.2, -0.15) is 0 Å². The number of methoxy groups -OCH3 is 1. The van der Waals surface area contributed by atoms with E-state index >= 15 is 0 Å². The SMILES string of the molecule is CCC(NC(=O)CN1C(=O)N(c2ccc(C)nc2)C2(CCCCC2)C1=O)c1cccc(OC)c1. The van der Waals surface area contributed by atoms with E-state index in [4.69, 9.17) is 4.74 Å². The van der Waals surface area contributed by atoms with E-state index in [1.54, 1.807) is 18.2 Å². The van der Waals surface area contributed by atoms with Crippen molar-refractivity contribution in [1.29, 1.82) is 0 Å². The Morgan fingerprint density at radius 1 is 1.18 bits per heavy atom. The number of imide groups is 1. The molecule has 1 N–H and O–H groups in total. The van der Waals surface area contributed by atoms with Crippen molar-refractivity contribution in [3.05, 3.63) is 53.9 Å². The highest BCUT2D eigenvalue weighted by Gasteiger charge is 2.58. The minimum atomic E-state index is -0.941. The highest BCUT2D eigenvalue weighted by molar-refractivity contribution is 6.18. The number of rotatable bonds is 7. The normalized spacial score (nSPS) is 18.3.